The van der Waals surface area contributed by atoms with Crippen molar-refractivity contribution in [1.82, 2.24) is 0 Å². The van der Waals surface area contributed by atoms with Gasteiger partial charge in [0.05, 0.1) is 0 Å². The quantitative estimate of drug-likeness (QED) is 0.333. The Labute approximate surface area is 164 Å². The van der Waals surface area contributed by atoms with Crippen LogP contribution in [0.1, 0.15) is 27.7 Å². The van der Waals surface area contributed by atoms with Crippen LogP contribution in [0, 0.1) is 0 Å². The van der Waals surface area contributed by atoms with Gasteiger partial charge in [0.1, 0.15) is 24.6 Å². The van der Waals surface area contributed by atoms with Crippen LogP contribution in [0.5, 0.6) is 5.75 Å². The Morgan fingerprint density at radius 3 is 2.04 bits per heavy atom. The zero-order valence-corrected chi connectivity index (χ0v) is 16.5. The number of esters is 3. The molecule has 1 rings (SSSR count). The number of ether oxygens (including phenoxy) is 5. The van der Waals surface area contributed by atoms with Crippen LogP contribution in [-0.2, 0) is 33.3 Å². The van der Waals surface area contributed by atoms with Gasteiger partial charge in [0.15, 0.2) is 6.10 Å². The van der Waals surface area contributed by atoms with Gasteiger partial charge in [-0.2, -0.15) is 0 Å². The molecule has 0 radical (unpaired) electrons. The third-order valence-corrected chi connectivity index (χ3v) is 3.48. The smallest absolute Gasteiger partial charge is 0.303 e. The summed E-state index contributed by atoms with van der Waals surface area (Å²) in [6, 6.07) is 8.70. The second-order valence-electron chi connectivity index (χ2n) is 5.97. The Balaban J connectivity index is 3.05. The van der Waals surface area contributed by atoms with Gasteiger partial charge in [-0.15, -0.1) is 0 Å². The molecule has 1 aromatic carbocycles. The van der Waals surface area contributed by atoms with E-state index in [1.807, 2.05) is 6.07 Å². The van der Waals surface area contributed by atoms with Gasteiger partial charge in [-0.25, -0.2) is 0 Å². The summed E-state index contributed by atoms with van der Waals surface area (Å²) in [6.45, 7) is 5.03. The average molecular weight is 397 g/mol. The van der Waals surface area contributed by atoms with E-state index in [9.17, 15) is 14.4 Å². The molecule has 0 aliphatic carbocycles. The molecule has 0 aromatic heterocycles. The van der Waals surface area contributed by atoms with Crippen LogP contribution in [0.2, 0.25) is 0 Å². The maximum Gasteiger partial charge on any atom is 0.303 e. The van der Waals surface area contributed by atoms with E-state index in [-0.39, 0.29) is 13.2 Å². The first kappa shape index (κ1) is 23.4. The third kappa shape index (κ3) is 8.83. The number of carbonyl (C=O) groups excluding carboxylic acids is 3. The minimum atomic E-state index is -1.13. The Kier molecular flexibility index (Phi) is 9.97. The van der Waals surface area contributed by atoms with E-state index in [0.29, 0.717) is 5.75 Å². The van der Waals surface area contributed by atoms with Crippen molar-refractivity contribution in [3.05, 3.63) is 30.3 Å². The van der Waals surface area contributed by atoms with E-state index >= 15 is 0 Å². The van der Waals surface area contributed by atoms with Gasteiger partial charge in [0, 0.05) is 27.3 Å². The molecule has 2 N–H and O–H groups in total. The summed E-state index contributed by atoms with van der Waals surface area (Å²) in [5.74, 6) is -1.17. The standard InChI is InChI=1S/C19H27NO8/c1-12(25-14(3)22)18(11-24-13(2)21)28-19(17(10-20)26-15(4)23)27-16-8-6-5-7-9-16/h5-9,12,17-19H,10-11,20H2,1-4H3/t12-,17+,18?,19?/m1/s1. The maximum atomic E-state index is 11.4. The topological polar surface area (TPSA) is 123 Å². The Morgan fingerprint density at radius 1 is 0.929 bits per heavy atom. The summed E-state index contributed by atoms with van der Waals surface area (Å²) in [6.07, 6.45) is -3.72. The van der Waals surface area contributed by atoms with E-state index in [1.54, 1.807) is 31.2 Å². The lowest BCUT2D eigenvalue weighted by Gasteiger charge is -2.32. The minimum absolute atomic E-state index is 0.0840. The molecule has 0 amide bonds. The second kappa shape index (κ2) is 11.9. The van der Waals surface area contributed by atoms with E-state index in [0.717, 1.165) is 0 Å². The molecular formula is C19H27NO8. The molecule has 1 aromatic rings. The van der Waals surface area contributed by atoms with Gasteiger partial charge in [-0.3, -0.25) is 14.4 Å². The van der Waals surface area contributed by atoms with E-state index in [2.05, 4.69) is 0 Å². The molecule has 156 valence electrons. The molecule has 9 nitrogen and oxygen atoms in total. The molecule has 0 bridgehead atoms. The lowest BCUT2D eigenvalue weighted by Crippen LogP contribution is -2.48. The summed E-state index contributed by atoms with van der Waals surface area (Å²) >= 11 is 0. The van der Waals surface area contributed by atoms with Crippen LogP contribution in [0.3, 0.4) is 0 Å². The maximum absolute atomic E-state index is 11.4. The first-order chi connectivity index (χ1) is 13.2. The number of benzene rings is 1. The highest BCUT2D eigenvalue weighted by atomic mass is 16.7. The Bertz CT molecular complexity index is 636. The Hall–Kier alpha value is -2.65. The number of nitrogens with two attached hydrogens (primary N) is 1. The number of hydrogen-bond acceptors (Lipinski definition) is 9. The first-order valence-electron chi connectivity index (χ1n) is 8.78. The fourth-order valence-electron chi connectivity index (χ4n) is 2.25. The summed E-state index contributed by atoms with van der Waals surface area (Å²) in [5.41, 5.74) is 5.72. The first-order valence-corrected chi connectivity index (χ1v) is 8.78. The molecule has 28 heavy (non-hydrogen) atoms. The van der Waals surface area contributed by atoms with Gasteiger partial charge in [-0.05, 0) is 19.1 Å². The lowest BCUT2D eigenvalue weighted by molar-refractivity contribution is -0.216. The molecule has 2 unspecified atom stereocenters. The van der Waals surface area contributed by atoms with Crippen LogP contribution < -0.4 is 10.5 Å². The predicted octanol–water partition coefficient (Wildman–Crippen LogP) is 1.18. The predicted molar refractivity (Wildman–Crippen MR) is 98.2 cm³/mol. The highest BCUT2D eigenvalue weighted by molar-refractivity contribution is 5.67. The second-order valence-corrected chi connectivity index (χ2v) is 5.97. The van der Waals surface area contributed by atoms with Crippen molar-refractivity contribution in [2.24, 2.45) is 5.73 Å². The lowest BCUT2D eigenvalue weighted by atomic mass is 10.2. The summed E-state index contributed by atoms with van der Waals surface area (Å²) in [5, 5.41) is 0. The average Bonchev–Trinajstić information content (AvgIpc) is 2.62. The van der Waals surface area contributed by atoms with Gasteiger partial charge in [0.25, 0.3) is 0 Å². The molecule has 0 saturated carbocycles. The van der Waals surface area contributed by atoms with Gasteiger partial charge >= 0.3 is 17.9 Å². The minimum Gasteiger partial charge on any atom is -0.463 e. The van der Waals surface area contributed by atoms with Gasteiger partial charge in [-0.1, -0.05) is 18.2 Å². The SMILES string of the molecule is CC(=O)OCC(OC(Oc1ccccc1)[C@H](CN)OC(C)=O)[C@@H](C)OC(C)=O. The van der Waals surface area contributed by atoms with Crippen LogP contribution in [0.15, 0.2) is 30.3 Å². The van der Waals surface area contributed by atoms with Crippen LogP contribution >= 0.6 is 0 Å². The largest absolute Gasteiger partial charge is 0.463 e. The fourth-order valence-corrected chi connectivity index (χ4v) is 2.25. The van der Waals surface area contributed by atoms with Crippen molar-refractivity contribution in [2.75, 3.05) is 13.2 Å². The van der Waals surface area contributed by atoms with Crippen molar-refractivity contribution in [1.29, 1.82) is 0 Å². The molecule has 0 aliphatic heterocycles. The number of rotatable bonds is 11. The normalized spacial score (nSPS) is 14.9. The van der Waals surface area contributed by atoms with Crippen LogP contribution in [0.25, 0.3) is 0 Å². The molecule has 9 heteroatoms. The fraction of sp³-hybridized carbons (Fsp3) is 0.526. The number of carbonyl (C=O) groups is 3. The van der Waals surface area contributed by atoms with E-state index < -0.39 is 42.5 Å². The van der Waals surface area contributed by atoms with Gasteiger partial charge in [0.2, 0.25) is 6.29 Å². The summed E-state index contributed by atoms with van der Waals surface area (Å²) in [4.78, 5) is 33.9. The van der Waals surface area contributed by atoms with Crippen LogP contribution in [-0.4, -0.2) is 55.7 Å². The molecule has 0 fully saturated rings. The van der Waals surface area contributed by atoms with Gasteiger partial charge < -0.3 is 29.4 Å². The highest BCUT2D eigenvalue weighted by Crippen LogP contribution is 2.18. The zero-order valence-electron chi connectivity index (χ0n) is 16.5. The Morgan fingerprint density at radius 2 is 1.54 bits per heavy atom. The van der Waals surface area contributed by atoms with Crippen molar-refractivity contribution in [3.63, 3.8) is 0 Å². The summed E-state index contributed by atoms with van der Waals surface area (Å²) in [7, 11) is 0. The summed E-state index contributed by atoms with van der Waals surface area (Å²) < 4.78 is 27.0. The molecule has 4 atom stereocenters. The zero-order chi connectivity index (χ0) is 21.1. The number of para-hydroxylation sites is 1. The van der Waals surface area contributed by atoms with Crippen molar-refractivity contribution >= 4 is 17.9 Å². The van der Waals surface area contributed by atoms with Crippen molar-refractivity contribution < 1.29 is 38.1 Å². The molecule has 0 saturated heterocycles. The molecule has 0 aliphatic rings. The number of hydrogen-bond donors (Lipinski definition) is 1. The van der Waals surface area contributed by atoms with E-state index in [1.165, 1.54) is 20.8 Å². The molecule has 0 heterocycles. The van der Waals surface area contributed by atoms with Crippen LogP contribution in [0.4, 0.5) is 0 Å². The third-order valence-electron chi connectivity index (χ3n) is 3.48. The van der Waals surface area contributed by atoms with E-state index in [4.69, 9.17) is 29.4 Å². The molecule has 0 spiro atoms. The highest BCUT2D eigenvalue weighted by Gasteiger charge is 2.33. The van der Waals surface area contributed by atoms with Crippen molar-refractivity contribution in [3.8, 4) is 5.75 Å². The van der Waals surface area contributed by atoms with Crippen molar-refractivity contribution in [2.45, 2.75) is 52.3 Å². The molecular weight excluding hydrogens is 370 g/mol. The monoisotopic (exact) mass is 397 g/mol.